The van der Waals surface area contributed by atoms with E-state index < -0.39 is 11.9 Å². The molecule has 0 nitrogen and oxygen atoms in total. The van der Waals surface area contributed by atoms with Gasteiger partial charge in [-0.2, -0.15) is 8.78 Å². The van der Waals surface area contributed by atoms with E-state index in [9.17, 15) is 13.2 Å². The average Bonchev–Trinajstić information content (AvgIpc) is 2.04. The molecule has 0 aliphatic rings. The van der Waals surface area contributed by atoms with Crippen molar-refractivity contribution >= 4 is 17.4 Å². The zero-order chi connectivity index (χ0) is 9.14. The van der Waals surface area contributed by atoms with Gasteiger partial charge in [-0.05, 0) is 6.07 Å². The highest BCUT2D eigenvalue weighted by molar-refractivity contribution is 6.32. The summed E-state index contributed by atoms with van der Waals surface area (Å²) in [7, 11) is 0. The second-order valence-electron chi connectivity index (χ2n) is 2.05. The monoisotopic (exact) mass is 192 g/mol. The number of hydrogen-bond acceptors (Lipinski definition) is 0. The van der Waals surface area contributed by atoms with Gasteiger partial charge in [-0.1, -0.05) is 29.8 Å². The first-order chi connectivity index (χ1) is 5.63. The summed E-state index contributed by atoms with van der Waals surface area (Å²) in [5.41, 5.74) is -0.279. The highest BCUT2D eigenvalue weighted by atomic mass is 35.5. The van der Waals surface area contributed by atoms with E-state index in [0.29, 0.717) is 0 Å². The Labute approximate surface area is 72.3 Å². The van der Waals surface area contributed by atoms with Crippen molar-refractivity contribution in [2.24, 2.45) is 0 Å². The molecule has 0 heterocycles. The van der Waals surface area contributed by atoms with E-state index in [1.165, 1.54) is 24.3 Å². The van der Waals surface area contributed by atoms with Crippen molar-refractivity contribution in [2.75, 3.05) is 0 Å². The third-order valence-corrected chi connectivity index (χ3v) is 1.61. The molecule has 0 atom stereocenters. The van der Waals surface area contributed by atoms with Gasteiger partial charge in [0.05, 0.1) is 5.02 Å². The van der Waals surface area contributed by atoms with Crippen molar-refractivity contribution in [3.63, 3.8) is 0 Å². The summed E-state index contributed by atoms with van der Waals surface area (Å²) in [4.78, 5) is 0. The maximum atomic E-state index is 12.6. The van der Waals surface area contributed by atoms with Crippen LogP contribution < -0.4 is 0 Å². The van der Waals surface area contributed by atoms with Crippen LogP contribution in [0.5, 0.6) is 0 Å². The van der Waals surface area contributed by atoms with Gasteiger partial charge in [-0.25, -0.2) is 4.39 Å². The predicted octanol–water partition coefficient (Wildman–Crippen LogP) is 3.87. The maximum absolute atomic E-state index is 12.6. The molecule has 4 heteroatoms. The van der Waals surface area contributed by atoms with Crippen LogP contribution in [-0.2, 0) is 0 Å². The van der Waals surface area contributed by atoms with Gasteiger partial charge in [-0.15, -0.1) is 0 Å². The maximum Gasteiger partial charge on any atom is 0.306 e. The number of halogens is 4. The van der Waals surface area contributed by atoms with Crippen molar-refractivity contribution in [2.45, 2.75) is 0 Å². The van der Waals surface area contributed by atoms with Crippen molar-refractivity contribution in [1.29, 1.82) is 0 Å². The molecule has 0 saturated carbocycles. The Morgan fingerprint density at radius 1 is 1.08 bits per heavy atom. The van der Waals surface area contributed by atoms with E-state index in [4.69, 9.17) is 11.6 Å². The molecule has 1 rings (SSSR count). The lowest BCUT2D eigenvalue weighted by atomic mass is 10.2. The normalized spacial score (nSPS) is 9.67. The van der Waals surface area contributed by atoms with E-state index in [-0.39, 0.29) is 10.6 Å². The molecule has 0 aliphatic carbocycles. The summed E-state index contributed by atoms with van der Waals surface area (Å²) in [6.45, 7) is 0. The lowest BCUT2D eigenvalue weighted by Gasteiger charge is -1.98. The second-order valence-corrected chi connectivity index (χ2v) is 2.46. The van der Waals surface area contributed by atoms with E-state index in [1.807, 2.05) is 0 Å². The van der Waals surface area contributed by atoms with Crippen LogP contribution in [0.3, 0.4) is 0 Å². The quantitative estimate of drug-likeness (QED) is 0.634. The molecule has 0 amide bonds. The Bertz CT molecular complexity index is 316. The Balaban J connectivity index is 3.21. The zero-order valence-electron chi connectivity index (χ0n) is 5.82. The summed E-state index contributed by atoms with van der Waals surface area (Å²) >= 11 is 5.46. The molecule has 0 fully saturated rings. The molecular formula is C8H4ClF3. The molecule has 0 N–H and O–H groups in total. The van der Waals surface area contributed by atoms with E-state index in [0.717, 1.165) is 0 Å². The molecule has 0 radical (unpaired) electrons. The molecule has 0 aromatic heterocycles. The van der Waals surface area contributed by atoms with Gasteiger partial charge in [0.2, 0.25) is 0 Å². The minimum absolute atomic E-state index is 0.0252. The highest BCUT2D eigenvalue weighted by Gasteiger charge is 2.10. The largest absolute Gasteiger partial charge is 0.306 e. The highest BCUT2D eigenvalue weighted by Crippen LogP contribution is 2.27. The van der Waals surface area contributed by atoms with Crippen LogP contribution in [0.15, 0.2) is 30.3 Å². The molecular weight excluding hydrogens is 189 g/mol. The van der Waals surface area contributed by atoms with Crippen LogP contribution in [-0.4, -0.2) is 0 Å². The summed E-state index contributed by atoms with van der Waals surface area (Å²) < 4.78 is 36.0. The van der Waals surface area contributed by atoms with E-state index >= 15 is 0 Å². The minimum atomic E-state index is -2.36. The average molecular weight is 193 g/mol. The van der Waals surface area contributed by atoms with Crippen molar-refractivity contribution in [3.8, 4) is 0 Å². The van der Waals surface area contributed by atoms with Crippen LogP contribution in [0.2, 0.25) is 5.02 Å². The van der Waals surface area contributed by atoms with Gasteiger partial charge in [0.25, 0.3) is 0 Å². The molecule has 0 saturated heterocycles. The smallest absolute Gasteiger partial charge is 0.200 e. The number of benzene rings is 1. The van der Waals surface area contributed by atoms with Crippen LogP contribution >= 0.6 is 11.6 Å². The predicted molar refractivity (Wildman–Crippen MR) is 41.7 cm³/mol. The molecule has 0 spiro atoms. The van der Waals surface area contributed by atoms with Gasteiger partial charge in [0.15, 0.2) is 5.83 Å². The minimum Gasteiger partial charge on any atom is -0.200 e. The fourth-order valence-electron chi connectivity index (χ4n) is 0.741. The fourth-order valence-corrected chi connectivity index (χ4v) is 0.960. The fraction of sp³-hybridized carbons (Fsp3) is 0. The van der Waals surface area contributed by atoms with Gasteiger partial charge in [0, 0.05) is 5.56 Å². The van der Waals surface area contributed by atoms with Crippen molar-refractivity contribution in [1.82, 2.24) is 0 Å². The van der Waals surface area contributed by atoms with Crippen LogP contribution in [0.4, 0.5) is 13.2 Å². The van der Waals surface area contributed by atoms with Gasteiger partial charge in [0.1, 0.15) is 0 Å². The summed E-state index contributed by atoms with van der Waals surface area (Å²) in [6, 6.07) is 5.51. The second kappa shape index (κ2) is 3.63. The third kappa shape index (κ3) is 1.80. The zero-order valence-corrected chi connectivity index (χ0v) is 6.58. The topological polar surface area (TPSA) is 0 Å². The third-order valence-electron chi connectivity index (χ3n) is 1.28. The summed E-state index contributed by atoms with van der Waals surface area (Å²) in [6.07, 6.45) is -2.36. The van der Waals surface area contributed by atoms with E-state index in [2.05, 4.69) is 0 Å². The van der Waals surface area contributed by atoms with Crippen LogP contribution in [0.1, 0.15) is 5.56 Å². The Kier molecular flexibility index (Phi) is 2.76. The van der Waals surface area contributed by atoms with Crippen LogP contribution in [0.25, 0.3) is 5.83 Å². The summed E-state index contributed by atoms with van der Waals surface area (Å²) in [5.74, 6) is -1.57. The lowest BCUT2D eigenvalue weighted by Crippen LogP contribution is -1.80. The Morgan fingerprint density at radius 3 is 2.17 bits per heavy atom. The molecule has 0 bridgehead atoms. The molecule has 0 aliphatic heterocycles. The van der Waals surface area contributed by atoms with Gasteiger partial charge in [-0.3, -0.25) is 0 Å². The van der Waals surface area contributed by atoms with Crippen LogP contribution in [0, 0.1) is 0 Å². The van der Waals surface area contributed by atoms with Gasteiger partial charge < -0.3 is 0 Å². The van der Waals surface area contributed by atoms with E-state index in [1.54, 1.807) is 0 Å². The standard InChI is InChI=1S/C8H4ClF3/c9-6-4-2-1-3-5(6)7(10)8(11)12/h1-4H. The SMILES string of the molecule is FC(F)=C(F)c1ccccc1Cl. The number of hydrogen-bond donors (Lipinski definition) is 0. The Hall–Kier alpha value is -0.960. The first kappa shape index (κ1) is 9.13. The summed E-state index contributed by atoms with van der Waals surface area (Å²) in [5, 5.41) is -0.0252. The Morgan fingerprint density at radius 2 is 1.67 bits per heavy atom. The first-order valence-electron chi connectivity index (χ1n) is 3.08. The molecule has 12 heavy (non-hydrogen) atoms. The van der Waals surface area contributed by atoms with Gasteiger partial charge >= 0.3 is 6.08 Å². The molecule has 64 valence electrons. The molecule has 0 unspecified atom stereocenters. The van der Waals surface area contributed by atoms with Crippen molar-refractivity contribution < 1.29 is 13.2 Å². The first-order valence-corrected chi connectivity index (χ1v) is 3.46. The molecule has 1 aromatic rings. The number of rotatable bonds is 1. The van der Waals surface area contributed by atoms with Crippen molar-refractivity contribution in [3.05, 3.63) is 40.9 Å². The molecule has 1 aromatic carbocycles. The lowest BCUT2D eigenvalue weighted by molar-refractivity contribution is 0.410.